The minimum Gasteiger partial charge on any atom is -0.357 e. The molecule has 0 bridgehead atoms. The van der Waals surface area contributed by atoms with Crippen molar-refractivity contribution in [3.8, 4) is 0 Å². The zero-order chi connectivity index (χ0) is 19.1. The number of nitrogens with zero attached hydrogens (tertiary/aromatic N) is 4. The molecule has 2 aliphatic heterocycles. The minimum absolute atomic E-state index is 0.362. The van der Waals surface area contributed by atoms with Crippen molar-refractivity contribution in [2.75, 3.05) is 50.7 Å². The monoisotopic (exact) mass is 392 g/mol. The van der Waals surface area contributed by atoms with Crippen LogP contribution in [-0.2, 0) is 0 Å². The lowest BCUT2D eigenvalue weighted by Gasteiger charge is -2.20. The van der Waals surface area contributed by atoms with Gasteiger partial charge in [-0.15, -0.1) is 0 Å². The van der Waals surface area contributed by atoms with E-state index >= 15 is 0 Å². The number of nitrogens with one attached hydrogen (secondary N) is 2. The van der Waals surface area contributed by atoms with Crippen LogP contribution in [0.3, 0.4) is 0 Å². The van der Waals surface area contributed by atoms with Gasteiger partial charge in [0, 0.05) is 45.0 Å². The number of pyridine rings is 1. The van der Waals surface area contributed by atoms with Crippen molar-refractivity contribution < 1.29 is 0 Å². The van der Waals surface area contributed by atoms with Gasteiger partial charge in [-0.05, 0) is 57.3 Å². The first kappa shape index (κ1) is 20.2. The van der Waals surface area contributed by atoms with E-state index in [1.54, 1.807) is 6.20 Å². The van der Waals surface area contributed by atoms with Gasteiger partial charge in [-0.1, -0.05) is 18.5 Å². The molecule has 1 aromatic heterocycles. The van der Waals surface area contributed by atoms with Crippen molar-refractivity contribution >= 4 is 23.4 Å². The van der Waals surface area contributed by atoms with Gasteiger partial charge in [-0.2, -0.15) is 0 Å². The average molecular weight is 393 g/mol. The predicted octanol–water partition coefficient (Wildman–Crippen LogP) is 2.60. The molecule has 0 amide bonds. The van der Waals surface area contributed by atoms with Gasteiger partial charge in [0.25, 0.3) is 0 Å². The standard InChI is InChI=1S/C20H33ClN6/c1-3-10-26-11-7-16(14-26)13-24-20(22-4-2)25-17-8-12-27(15-17)19-18(21)6-5-9-23-19/h5-6,9,16-17H,3-4,7-8,10-15H2,1-2H3,(H2,22,24,25). The van der Waals surface area contributed by atoms with E-state index in [9.17, 15) is 0 Å². The van der Waals surface area contributed by atoms with Gasteiger partial charge in [-0.3, -0.25) is 4.99 Å². The SMILES string of the molecule is CCCN1CCC(CN=C(NCC)NC2CCN(c3ncccc3Cl)C2)C1. The van der Waals surface area contributed by atoms with Crippen LogP contribution in [-0.4, -0.2) is 67.7 Å². The van der Waals surface area contributed by atoms with Gasteiger partial charge >= 0.3 is 0 Å². The zero-order valence-corrected chi connectivity index (χ0v) is 17.4. The average Bonchev–Trinajstić information content (AvgIpc) is 3.30. The molecule has 1 aromatic rings. The smallest absolute Gasteiger partial charge is 0.191 e. The molecule has 2 N–H and O–H groups in total. The molecule has 0 aliphatic carbocycles. The molecule has 2 unspecified atom stereocenters. The molecule has 0 aromatic carbocycles. The quantitative estimate of drug-likeness (QED) is 0.551. The molecule has 2 aliphatic rings. The Bertz CT molecular complexity index is 622. The van der Waals surface area contributed by atoms with Crippen LogP contribution in [0.25, 0.3) is 0 Å². The molecule has 2 fully saturated rings. The molecular weight excluding hydrogens is 360 g/mol. The van der Waals surface area contributed by atoms with Crippen molar-refractivity contribution in [1.29, 1.82) is 0 Å². The van der Waals surface area contributed by atoms with Crippen LogP contribution in [0.4, 0.5) is 5.82 Å². The summed E-state index contributed by atoms with van der Waals surface area (Å²) in [7, 11) is 0. The summed E-state index contributed by atoms with van der Waals surface area (Å²) in [5.41, 5.74) is 0. The fourth-order valence-corrected chi connectivity index (χ4v) is 4.24. The molecule has 7 heteroatoms. The second-order valence-corrected chi connectivity index (χ2v) is 7.97. The number of likely N-dealkylation sites (tertiary alicyclic amines) is 1. The molecule has 0 spiro atoms. The van der Waals surface area contributed by atoms with Crippen molar-refractivity contribution in [3.05, 3.63) is 23.4 Å². The van der Waals surface area contributed by atoms with Gasteiger partial charge in [0.2, 0.25) is 0 Å². The summed E-state index contributed by atoms with van der Waals surface area (Å²) >= 11 is 6.30. The lowest BCUT2D eigenvalue weighted by molar-refractivity contribution is 0.326. The van der Waals surface area contributed by atoms with E-state index < -0.39 is 0 Å². The fraction of sp³-hybridized carbons (Fsp3) is 0.700. The van der Waals surface area contributed by atoms with Crippen LogP contribution in [0.1, 0.15) is 33.1 Å². The van der Waals surface area contributed by atoms with E-state index in [2.05, 4.69) is 39.3 Å². The maximum atomic E-state index is 6.30. The van der Waals surface area contributed by atoms with E-state index in [-0.39, 0.29) is 0 Å². The largest absolute Gasteiger partial charge is 0.357 e. The van der Waals surface area contributed by atoms with Gasteiger partial charge in [0.1, 0.15) is 5.82 Å². The zero-order valence-electron chi connectivity index (χ0n) is 16.6. The first-order valence-electron chi connectivity index (χ1n) is 10.3. The van der Waals surface area contributed by atoms with Crippen LogP contribution in [0.2, 0.25) is 5.02 Å². The number of anilines is 1. The summed E-state index contributed by atoms with van der Waals surface area (Å²) in [4.78, 5) is 14.1. The van der Waals surface area contributed by atoms with Crippen LogP contribution < -0.4 is 15.5 Å². The Labute approximate surface area is 168 Å². The Kier molecular flexibility index (Phi) is 7.59. The van der Waals surface area contributed by atoms with Crippen LogP contribution in [0.15, 0.2) is 23.3 Å². The molecular formula is C20H33ClN6. The van der Waals surface area contributed by atoms with E-state index in [1.165, 1.54) is 32.5 Å². The summed E-state index contributed by atoms with van der Waals surface area (Å²) < 4.78 is 0. The highest BCUT2D eigenvalue weighted by Gasteiger charge is 2.26. The molecule has 27 heavy (non-hydrogen) atoms. The van der Waals surface area contributed by atoms with E-state index in [0.29, 0.717) is 12.0 Å². The summed E-state index contributed by atoms with van der Waals surface area (Å²) in [6, 6.07) is 4.14. The summed E-state index contributed by atoms with van der Waals surface area (Å²) in [5, 5.41) is 7.73. The van der Waals surface area contributed by atoms with Gasteiger partial charge in [0.15, 0.2) is 5.96 Å². The van der Waals surface area contributed by atoms with Crippen LogP contribution in [0, 0.1) is 5.92 Å². The second-order valence-electron chi connectivity index (χ2n) is 7.56. The first-order valence-corrected chi connectivity index (χ1v) is 10.7. The van der Waals surface area contributed by atoms with Gasteiger partial charge < -0.3 is 20.4 Å². The number of halogens is 1. The lowest BCUT2D eigenvalue weighted by atomic mass is 10.1. The molecule has 0 radical (unpaired) electrons. The number of hydrogen-bond acceptors (Lipinski definition) is 4. The second kappa shape index (κ2) is 10.1. The number of aliphatic imine (C=N–C) groups is 1. The summed E-state index contributed by atoms with van der Waals surface area (Å²) in [6.45, 7) is 11.6. The Balaban J connectivity index is 1.51. The highest BCUT2D eigenvalue weighted by molar-refractivity contribution is 6.32. The van der Waals surface area contributed by atoms with E-state index in [0.717, 1.165) is 49.4 Å². The molecule has 2 atom stereocenters. The Hall–Kier alpha value is -1.53. The molecule has 3 rings (SSSR count). The van der Waals surface area contributed by atoms with E-state index in [4.69, 9.17) is 16.6 Å². The fourth-order valence-electron chi connectivity index (χ4n) is 4.00. The first-order chi connectivity index (χ1) is 13.2. The number of hydrogen-bond donors (Lipinski definition) is 2. The summed E-state index contributed by atoms with van der Waals surface area (Å²) in [5.74, 6) is 2.50. The normalized spacial score (nSPS) is 23.8. The molecule has 2 saturated heterocycles. The Morgan fingerprint density at radius 3 is 2.96 bits per heavy atom. The molecule has 0 saturated carbocycles. The summed E-state index contributed by atoms with van der Waals surface area (Å²) in [6.07, 6.45) is 5.36. The van der Waals surface area contributed by atoms with Crippen molar-refractivity contribution in [1.82, 2.24) is 20.5 Å². The van der Waals surface area contributed by atoms with Gasteiger partial charge in [-0.25, -0.2) is 4.98 Å². The third-order valence-corrected chi connectivity index (χ3v) is 5.62. The lowest BCUT2D eigenvalue weighted by Crippen LogP contribution is -2.45. The van der Waals surface area contributed by atoms with Crippen molar-refractivity contribution in [2.45, 2.75) is 39.2 Å². The van der Waals surface area contributed by atoms with Crippen LogP contribution in [0.5, 0.6) is 0 Å². The van der Waals surface area contributed by atoms with Crippen molar-refractivity contribution in [3.63, 3.8) is 0 Å². The third kappa shape index (κ3) is 5.72. The van der Waals surface area contributed by atoms with Crippen LogP contribution >= 0.6 is 11.6 Å². The number of aromatic nitrogens is 1. The van der Waals surface area contributed by atoms with Gasteiger partial charge in [0.05, 0.1) is 5.02 Å². The Morgan fingerprint density at radius 1 is 1.30 bits per heavy atom. The molecule has 3 heterocycles. The minimum atomic E-state index is 0.362. The number of rotatable bonds is 7. The maximum absolute atomic E-state index is 6.30. The highest BCUT2D eigenvalue weighted by Crippen LogP contribution is 2.25. The number of guanidine groups is 1. The molecule has 6 nitrogen and oxygen atoms in total. The predicted molar refractivity (Wildman–Crippen MR) is 114 cm³/mol. The van der Waals surface area contributed by atoms with Crippen molar-refractivity contribution in [2.24, 2.45) is 10.9 Å². The molecule has 150 valence electrons. The Morgan fingerprint density at radius 2 is 2.19 bits per heavy atom. The maximum Gasteiger partial charge on any atom is 0.191 e. The van der Waals surface area contributed by atoms with E-state index in [1.807, 2.05) is 12.1 Å². The topological polar surface area (TPSA) is 55.8 Å². The highest BCUT2D eigenvalue weighted by atomic mass is 35.5. The third-order valence-electron chi connectivity index (χ3n) is 5.33.